The first-order valence-corrected chi connectivity index (χ1v) is 24.3. The van der Waals surface area contributed by atoms with Crippen LogP contribution in [0.2, 0.25) is 5.02 Å². The molecule has 356 valence electrons. The summed E-state index contributed by atoms with van der Waals surface area (Å²) in [6.07, 6.45) is 12.0. The summed E-state index contributed by atoms with van der Waals surface area (Å²) in [7, 11) is 0. The lowest BCUT2D eigenvalue weighted by molar-refractivity contribution is 1.02. The number of nitrogens with two attached hydrogens (primary N) is 1. The highest BCUT2D eigenvalue weighted by Crippen LogP contribution is 2.38. The van der Waals surface area contributed by atoms with Crippen LogP contribution in [0.3, 0.4) is 0 Å². The van der Waals surface area contributed by atoms with Gasteiger partial charge in [-0.3, -0.25) is 0 Å². The predicted octanol–water partition coefficient (Wildman–Crippen LogP) is 16.2. The molecule has 0 spiro atoms. The number of imidazole rings is 3. The Bertz CT molecular complexity index is 3390. The van der Waals surface area contributed by atoms with Crippen LogP contribution in [0.5, 0.6) is 0 Å². The van der Waals surface area contributed by atoms with Gasteiger partial charge >= 0.3 is 0 Å². The van der Waals surface area contributed by atoms with Crippen molar-refractivity contribution >= 4 is 34.4 Å². The van der Waals surface area contributed by atoms with Crippen LogP contribution < -0.4 is 10.6 Å². The van der Waals surface area contributed by atoms with Gasteiger partial charge in [-0.25, -0.2) is 15.0 Å². The number of benzene rings is 8. The molecular formula is C63H57ClN8. The van der Waals surface area contributed by atoms with E-state index in [0.29, 0.717) is 0 Å². The Morgan fingerprint density at radius 3 is 1.03 bits per heavy atom. The second-order valence-corrected chi connectivity index (χ2v) is 18.3. The summed E-state index contributed by atoms with van der Waals surface area (Å²) in [5.74, 6) is 0. The molecule has 0 radical (unpaired) electrons. The fourth-order valence-electron chi connectivity index (χ4n) is 9.16. The van der Waals surface area contributed by atoms with Gasteiger partial charge in [0.05, 0.1) is 53.1 Å². The Kier molecular flexibility index (Phi) is 14.7. The lowest BCUT2D eigenvalue weighted by atomic mass is 10.1. The number of aromatic nitrogens is 6. The summed E-state index contributed by atoms with van der Waals surface area (Å²) < 4.78 is 6.33. The van der Waals surface area contributed by atoms with Crippen LogP contribution in [0.4, 0.5) is 22.7 Å². The second kappa shape index (κ2) is 21.9. The zero-order valence-electron chi connectivity index (χ0n) is 41.4. The number of rotatable bonds is 9. The van der Waals surface area contributed by atoms with Crippen LogP contribution in [0.1, 0.15) is 33.4 Å². The predicted molar refractivity (Wildman–Crippen MR) is 300 cm³/mol. The van der Waals surface area contributed by atoms with E-state index < -0.39 is 0 Å². The highest BCUT2D eigenvalue weighted by atomic mass is 35.5. The van der Waals surface area contributed by atoms with E-state index in [9.17, 15) is 0 Å². The highest BCUT2D eigenvalue weighted by Gasteiger charge is 2.17. The van der Waals surface area contributed by atoms with Gasteiger partial charge in [-0.1, -0.05) is 139 Å². The first-order chi connectivity index (χ1) is 35.0. The minimum absolute atomic E-state index is 0.726. The molecule has 3 aromatic heterocycles. The summed E-state index contributed by atoms with van der Waals surface area (Å²) >= 11 is 6.03. The second-order valence-electron chi connectivity index (χ2n) is 17.9. The fraction of sp³-hybridized carbons (Fsp3) is 0.0952. The molecule has 0 atom stereocenters. The van der Waals surface area contributed by atoms with Gasteiger partial charge in [-0.05, 0) is 136 Å². The van der Waals surface area contributed by atoms with Crippen molar-refractivity contribution < 1.29 is 0 Å². The average Bonchev–Trinajstić information content (AvgIpc) is 4.19. The molecule has 0 bridgehead atoms. The van der Waals surface area contributed by atoms with Gasteiger partial charge in [-0.15, -0.1) is 0 Å². The minimum Gasteiger partial charge on any atom is -0.399 e. The molecular weight excluding hydrogens is 904 g/mol. The molecule has 72 heavy (non-hydrogen) atoms. The van der Waals surface area contributed by atoms with Gasteiger partial charge in [0.25, 0.3) is 0 Å². The standard InChI is InChI=1S/C40H35N5.C17H15ClN2.C6H7N/c1-28-12-8-13-29(2)39(28)43-24-37(41-26-43)32-16-10-20-35(22-32)45(34-18-6-5-7-19-34)36-21-11-17-33(23-36)38-25-44(27-42-38)40-30(3)14-9-15-31(40)4;1-12-5-3-6-13(2)17(12)20-10-16(19-11-20)14-7-4-8-15(18)9-14;7-6-4-2-1-3-5-6/h5-27H,1-4H3;3-11H,1-2H3;1-5H,7H2. The van der Waals surface area contributed by atoms with Crippen molar-refractivity contribution in [3.05, 3.63) is 264 Å². The van der Waals surface area contributed by atoms with Crippen molar-refractivity contribution in [1.29, 1.82) is 0 Å². The van der Waals surface area contributed by atoms with Crippen molar-refractivity contribution in [3.8, 4) is 50.8 Å². The van der Waals surface area contributed by atoms with Crippen molar-refractivity contribution in [2.75, 3.05) is 10.6 Å². The number of aryl methyl sites for hydroxylation is 6. The number of hydrogen-bond acceptors (Lipinski definition) is 5. The first kappa shape index (κ1) is 48.3. The van der Waals surface area contributed by atoms with Crippen LogP contribution in [-0.4, -0.2) is 28.7 Å². The number of para-hydroxylation sites is 5. The molecule has 2 N–H and O–H groups in total. The molecule has 0 aliphatic heterocycles. The van der Waals surface area contributed by atoms with Gasteiger partial charge in [0, 0.05) is 63.1 Å². The van der Waals surface area contributed by atoms with Crippen LogP contribution in [0.15, 0.2) is 226 Å². The normalized spacial score (nSPS) is 10.8. The van der Waals surface area contributed by atoms with E-state index in [-0.39, 0.29) is 0 Å². The average molecular weight is 962 g/mol. The van der Waals surface area contributed by atoms with E-state index in [1.807, 2.05) is 79.8 Å². The molecule has 8 aromatic carbocycles. The molecule has 8 nitrogen and oxygen atoms in total. The number of hydrogen-bond donors (Lipinski definition) is 1. The van der Waals surface area contributed by atoms with Gasteiger partial charge in [0.2, 0.25) is 0 Å². The molecule has 0 saturated carbocycles. The van der Waals surface area contributed by atoms with Gasteiger partial charge in [0.1, 0.15) is 0 Å². The zero-order chi connectivity index (χ0) is 50.1. The molecule has 0 fully saturated rings. The van der Waals surface area contributed by atoms with E-state index in [1.54, 1.807) is 0 Å². The van der Waals surface area contributed by atoms with Gasteiger partial charge < -0.3 is 24.3 Å². The monoisotopic (exact) mass is 960 g/mol. The Labute approximate surface area is 428 Å². The van der Waals surface area contributed by atoms with E-state index in [1.165, 1.54) is 50.4 Å². The van der Waals surface area contributed by atoms with Crippen LogP contribution >= 0.6 is 11.6 Å². The highest BCUT2D eigenvalue weighted by molar-refractivity contribution is 6.30. The van der Waals surface area contributed by atoms with E-state index in [4.69, 9.17) is 27.3 Å². The number of nitrogens with zero attached hydrogens (tertiary/aromatic N) is 7. The topological polar surface area (TPSA) is 82.7 Å². The smallest absolute Gasteiger partial charge is 0.0999 e. The van der Waals surface area contributed by atoms with E-state index >= 15 is 0 Å². The molecule has 0 aliphatic carbocycles. The maximum Gasteiger partial charge on any atom is 0.0999 e. The third-order valence-electron chi connectivity index (χ3n) is 12.6. The Hall–Kier alpha value is -8.72. The zero-order valence-corrected chi connectivity index (χ0v) is 42.2. The molecule has 11 aromatic rings. The summed E-state index contributed by atoms with van der Waals surface area (Å²) in [5.41, 5.74) is 26.2. The number of halogens is 1. The largest absolute Gasteiger partial charge is 0.399 e. The molecule has 11 rings (SSSR count). The number of nitrogen functional groups attached to an aromatic ring is 1. The summed E-state index contributed by atoms with van der Waals surface area (Å²) in [4.78, 5) is 16.4. The lowest BCUT2D eigenvalue weighted by Crippen LogP contribution is -2.10. The lowest BCUT2D eigenvalue weighted by Gasteiger charge is -2.26. The fourth-order valence-corrected chi connectivity index (χ4v) is 9.35. The van der Waals surface area contributed by atoms with Crippen molar-refractivity contribution in [2.24, 2.45) is 0 Å². The molecule has 0 amide bonds. The van der Waals surface area contributed by atoms with Crippen LogP contribution in [0.25, 0.3) is 50.8 Å². The quantitative estimate of drug-likeness (QED) is 0.146. The summed E-state index contributed by atoms with van der Waals surface area (Å²) in [6, 6.07) is 64.0. The van der Waals surface area contributed by atoms with Crippen molar-refractivity contribution in [1.82, 2.24) is 28.7 Å². The molecule has 0 unspecified atom stereocenters. The van der Waals surface area contributed by atoms with Crippen LogP contribution in [-0.2, 0) is 0 Å². The van der Waals surface area contributed by atoms with Gasteiger partial charge in [-0.2, -0.15) is 0 Å². The van der Waals surface area contributed by atoms with E-state index in [0.717, 1.165) is 61.5 Å². The minimum atomic E-state index is 0.726. The summed E-state index contributed by atoms with van der Waals surface area (Å²) in [5, 5.41) is 0.726. The SMILES string of the molecule is Cc1cccc(C)c1-n1cnc(-c2cccc(Cl)c2)c1.Cc1cccc(C)c1-n1cnc(-c2cccc(N(c3ccccc3)c3cccc(-c4cn(-c5c(C)cccc5C)cn4)c3)c2)c1.Nc1ccccc1. The maximum atomic E-state index is 6.03. The van der Waals surface area contributed by atoms with Crippen molar-refractivity contribution in [3.63, 3.8) is 0 Å². The van der Waals surface area contributed by atoms with Gasteiger partial charge in [0.15, 0.2) is 0 Å². The van der Waals surface area contributed by atoms with Crippen LogP contribution in [0, 0.1) is 41.5 Å². The molecule has 3 heterocycles. The first-order valence-electron chi connectivity index (χ1n) is 23.9. The summed E-state index contributed by atoms with van der Waals surface area (Å²) in [6.45, 7) is 12.8. The molecule has 9 heteroatoms. The van der Waals surface area contributed by atoms with E-state index in [2.05, 4.69) is 211 Å². The Morgan fingerprint density at radius 2 is 0.681 bits per heavy atom. The maximum absolute atomic E-state index is 6.03. The number of anilines is 4. The third-order valence-corrected chi connectivity index (χ3v) is 12.8. The van der Waals surface area contributed by atoms with Crippen molar-refractivity contribution in [2.45, 2.75) is 41.5 Å². The molecule has 0 aliphatic rings. The third kappa shape index (κ3) is 11.0. The Morgan fingerprint density at radius 1 is 0.361 bits per heavy atom. The molecule has 0 saturated heterocycles. The Balaban J connectivity index is 0.000000194.